The van der Waals surface area contributed by atoms with Crippen LogP contribution in [-0.2, 0) is 6.42 Å². The van der Waals surface area contributed by atoms with E-state index in [2.05, 4.69) is 15.0 Å². The molecular weight excluding hydrogens is 288 g/mol. The predicted molar refractivity (Wildman–Crippen MR) is 82.8 cm³/mol. The zero-order valence-corrected chi connectivity index (χ0v) is 12.2. The standard InChI is InChI=1S/C14H14N4O2S/c1-8-12(21-7-16-8)4-5-20-14-17-11-3-2-9(15)6-10(11)13(19)18-14/h2-3,6-7H,4-5,15H2,1H3,(H,17,18,19). The highest BCUT2D eigenvalue weighted by Crippen LogP contribution is 2.15. The van der Waals surface area contributed by atoms with Crippen LogP contribution in [0.5, 0.6) is 6.01 Å². The number of aryl methyl sites for hydroxylation is 1. The molecule has 3 rings (SSSR count). The van der Waals surface area contributed by atoms with Gasteiger partial charge in [0.25, 0.3) is 11.6 Å². The minimum Gasteiger partial charge on any atom is -0.464 e. The Labute approximate surface area is 124 Å². The van der Waals surface area contributed by atoms with E-state index in [0.29, 0.717) is 23.2 Å². The van der Waals surface area contributed by atoms with Crippen LogP contribution in [0, 0.1) is 6.92 Å². The molecule has 2 aromatic heterocycles. The van der Waals surface area contributed by atoms with Gasteiger partial charge in [-0.25, -0.2) is 4.98 Å². The van der Waals surface area contributed by atoms with Gasteiger partial charge in [0, 0.05) is 17.0 Å². The number of anilines is 1. The third-order valence-corrected chi connectivity index (χ3v) is 4.12. The highest BCUT2D eigenvalue weighted by molar-refractivity contribution is 7.09. The molecule has 0 fully saturated rings. The summed E-state index contributed by atoms with van der Waals surface area (Å²) >= 11 is 1.59. The van der Waals surface area contributed by atoms with Gasteiger partial charge < -0.3 is 10.5 Å². The average Bonchev–Trinajstić information content (AvgIpc) is 2.85. The van der Waals surface area contributed by atoms with Crippen LogP contribution in [0.3, 0.4) is 0 Å². The van der Waals surface area contributed by atoms with E-state index >= 15 is 0 Å². The number of nitrogen functional groups attached to an aromatic ring is 1. The summed E-state index contributed by atoms with van der Waals surface area (Å²) in [5.41, 5.74) is 9.33. The molecule has 0 saturated carbocycles. The summed E-state index contributed by atoms with van der Waals surface area (Å²) in [7, 11) is 0. The van der Waals surface area contributed by atoms with Crippen LogP contribution in [0.4, 0.5) is 5.69 Å². The highest BCUT2D eigenvalue weighted by Gasteiger charge is 2.06. The van der Waals surface area contributed by atoms with Crippen LogP contribution in [0.1, 0.15) is 10.6 Å². The number of aromatic nitrogens is 3. The van der Waals surface area contributed by atoms with Gasteiger partial charge in [-0.05, 0) is 25.1 Å². The zero-order valence-electron chi connectivity index (χ0n) is 11.4. The summed E-state index contributed by atoms with van der Waals surface area (Å²) in [6.07, 6.45) is 0.736. The Balaban J connectivity index is 1.77. The van der Waals surface area contributed by atoms with E-state index in [0.717, 1.165) is 12.1 Å². The molecular formula is C14H14N4O2S. The first-order valence-corrected chi connectivity index (χ1v) is 7.33. The number of thiazole rings is 1. The number of benzene rings is 1. The van der Waals surface area contributed by atoms with Crippen LogP contribution < -0.4 is 16.0 Å². The van der Waals surface area contributed by atoms with E-state index in [9.17, 15) is 4.79 Å². The van der Waals surface area contributed by atoms with Gasteiger partial charge in [0.05, 0.1) is 28.7 Å². The Bertz CT molecular complexity index is 840. The predicted octanol–water partition coefficient (Wildman–Crippen LogP) is 1.89. The largest absolute Gasteiger partial charge is 0.464 e. The molecule has 3 aromatic rings. The lowest BCUT2D eigenvalue weighted by molar-refractivity contribution is 0.297. The van der Waals surface area contributed by atoms with Crippen molar-refractivity contribution >= 4 is 27.9 Å². The van der Waals surface area contributed by atoms with Gasteiger partial charge in [-0.1, -0.05) is 0 Å². The summed E-state index contributed by atoms with van der Waals surface area (Å²) in [4.78, 5) is 24.2. The van der Waals surface area contributed by atoms with Crippen LogP contribution >= 0.6 is 11.3 Å². The maximum absolute atomic E-state index is 12.0. The molecule has 0 aliphatic rings. The SMILES string of the molecule is Cc1ncsc1CCOc1nc2ccc(N)cc2c(=O)[nH]1. The summed E-state index contributed by atoms with van der Waals surface area (Å²) in [5, 5.41) is 0.459. The molecule has 21 heavy (non-hydrogen) atoms. The molecule has 0 bridgehead atoms. The molecule has 0 atom stereocenters. The van der Waals surface area contributed by atoms with Gasteiger partial charge in [-0.15, -0.1) is 11.3 Å². The normalized spacial score (nSPS) is 10.9. The molecule has 108 valence electrons. The molecule has 0 saturated heterocycles. The lowest BCUT2D eigenvalue weighted by Crippen LogP contribution is -2.12. The number of H-pyrrole nitrogens is 1. The van der Waals surface area contributed by atoms with E-state index in [1.807, 2.05) is 12.4 Å². The van der Waals surface area contributed by atoms with Gasteiger partial charge >= 0.3 is 0 Å². The number of nitrogens with one attached hydrogen (secondary N) is 1. The fourth-order valence-electron chi connectivity index (χ4n) is 2.01. The Morgan fingerprint density at radius 3 is 3.05 bits per heavy atom. The molecule has 0 aliphatic heterocycles. The van der Waals surface area contributed by atoms with Gasteiger partial charge in [-0.3, -0.25) is 9.78 Å². The Morgan fingerprint density at radius 1 is 1.43 bits per heavy atom. The molecule has 0 amide bonds. The summed E-state index contributed by atoms with van der Waals surface area (Å²) < 4.78 is 5.53. The van der Waals surface area contributed by atoms with Crippen molar-refractivity contribution in [2.75, 3.05) is 12.3 Å². The second-order valence-electron chi connectivity index (χ2n) is 4.61. The van der Waals surface area contributed by atoms with E-state index < -0.39 is 0 Å². The van der Waals surface area contributed by atoms with Gasteiger partial charge in [0.1, 0.15) is 0 Å². The molecule has 1 aromatic carbocycles. The lowest BCUT2D eigenvalue weighted by Gasteiger charge is -2.05. The van der Waals surface area contributed by atoms with Gasteiger partial charge in [0.15, 0.2) is 0 Å². The number of aromatic amines is 1. The molecule has 0 spiro atoms. The monoisotopic (exact) mass is 302 g/mol. The molecule has 0 radical (unpaired) electrons. The van der Waals surface area contributed by atoms with Crippen LogP contribution in [0.15, 0.2) is 28.5 Å². The summed E-state index contributed by atoms with van der Waals surface area (Å²) in [6, 6.07) is 5.24. The number of hydrogen-bond donors (Lipinski definition) is 2. The quantitative estimate of drug-likeness (QED) is 0.718. The number of rotatable bonds is 4. The van der Waals surface area contributed by atoms with Crippen molar-refractivity contribution in [2.24, 2.45) is 0 Å². The number of fused-ring (bicyclic) bond motifs is 1. The molecule has 3 N–H and O–H groups in total. The van der Waals surface area contributed by atoms with Gasteiger partial charge in [-0.2, -0.15) is 4.98 Å². The fraction of sp³-hybridized carbons (Fsp3) is 0.214. The summed E-state index contributed by atoms with van der Waals surface area (Å²) in [6.45, 7) is 2.40. The minimum absolute atomic E-state index is 0.222. The lowest BCUT2D eigenvalue weighted by atomic mass is 10.2. The van der Waals surface area contributed by atoms with Crippen molar-refractivity contribution in [3.05, 3.63) is 44.6 Å². The Morgan fingerprint density at radius 2 is 2.29 bits per heavy atom. The number of nitrogens with zero attached hydrogens (tertiary/aromatic N) is 2. The second kappa shape index (κ2) is 5.53. The maximum atomic E-state index is 12.0. The van der Waals surface area contributed by atoms with Crippen LogP contribution in [0.2, 0.25) is 0 Å². The maximum Gasteiger partial charge on any atom is 0.297 e. The Hall–Kier alpha value is -2.41. The first-order chi connectivity index (χ1) is 10.1. The fourth-order valence-corrected chi connectivity index (χ4v) is 2.77. The van der Waals surface area contributed by atoms with Crippen molar-refractivity contribution in [3.63, 3.8) is 0 Å². The summed E-state index contributed by atoms with van der Waals surface area (Å²) in [5.74, 6) is 0. The number of nitrogens with two attached hydrogens (primary N) is 1. The third-order valence-electron chi connectivity index (χ3n) is 3.12. The van der Waals surface area contributed by atoms with E-state index in [-0.39, 0.29) is 11.6 Å². The third kappa shape index (κ3) is 2.87. The molecule has 2 heterocycles. The first-order valence-electron chi connectivity index (χ1n) is 6.45. The number of hydrogen-bond acceptors (Lipinski definition) is 6. The molecule has 0 unspecified atom stereocenters. The zero-order chi connectivity index (χ0) is 14.8. The first kappa shape index (κ1) is 13.6. The second-order valence-corrected chi connectivity index (χ2v) is 5.55. The molecule has 0 aliphatic carbocycles. The average molecular weight is 302 g/mol. The van der Waals surface area contributed by atoms with Gasteiger partial charge in [0.2, 0.25) is 0 Å². The van der Waals surface area contributed by atoms with Crippen LogP contribution in [-0.4, -0.2) is 21.6 Å². The highest BCUT2D eigenvalue weighted by atomic mass is 32.1. The number of ether oxygens (including phenoxy) is 1. The smallest absolute Gasteiger partial charge is 0.297 e. The van der Waals surface area contributed by atoms with Crippen molar-refractivity contribution in [1.29, 1.82) is 0 Å². The van der Waals surface area contributed by atoms with Crippen molar-refractivity contribution in [1.82, 2.24) is 15.0 Å². The van der Waals surface area contributed by atoms with Crippen molar-refractivity contribution in [2.45, 2.75) is 13.3 Å². The van der Waals surface area contributed by atoms with Crippen molar-refractivity contribution in [3.8, 4) is 6.01 Å². The van der Waals surface area contributed by atoms with Crippen LogP contribution in [0.25, 0.3) is 10.9 Å². The molecule has 6 nitrogen and oxygen atoms in total. The minimum atomic E-state index is -0.253. The molecule has 7 heteroatoms. The van der Waals surface area contributed by atoms with E-state index in [4.69, 9.17) is 10.5 Å². The Kier molecular flexibility index (Phi) is 3.57. The van der Waals surface area contributed by atoms with E-state index in [1.165, 1.54) is 4.88 Å². The van der Waals surface area contributed by atoms with Crippen molar-refractivity contribution < 1.29 is 4.74 Å². The topological polar surface area (TPSA) is 93.9 Å². The van der Waals surface area contributed by atoms with E-state index in [1.54, 1.807) is 29.5 Å².